The van der Waals surface area contributed by atoms with Crippen LogP contribution in [0.1, 0.15) is 0 Å². The largest absolute Gasteiger partial charge is 0.294 e. The van der Waals surface area contributed by atoms with Crippen molar-refractivity contribution in [3.63, 3.8) is 0 Å². The topological polar surface area (TPSA) is 45.5 Å². The highest BCUT2D eigenvalue weighted by Crippen LogP contribution is 2.42. The van der Waals surface area contributed by atoms with Gasteiger partial charge in [-0.3, -0.25) is 18.3 Å². The fourth-order valence-electron chi connectivity index (χ4n) is 11.5. The first-order valence-corrected chi connectivity index (χ1v) is 23.8. The molecular weight excluding hydrogens is 853 g/mol. The smallest absolute Gasteiger partial charge is 0.140 e. The summed E-state index contributed by atoms with van der Waals surface area (Å²) in [5.74, 6) is 3.47. The first-order chi connectivity index (χ1) is 34.8. The minimum absolute atomic E-state index is 0.860. The van der Waals surface area contributed by atoms with Crippen LogP contribution in [0.2, 0.25) is 0 Å². The van der Waals surface area contributed by atoms with Gasteiger partial charge in [-0.1, -0.05) is 176 Å². The van der Waals surface area contributed by atoms with Gasteiger partial charge in [-0.25, -0.2) is 9.97 Å². The lowest BCUT2D eigenvalue weighted by molar-refractivity contribution is 1.01. The molecule has 9 aromatic carbocycles. The molecule has 326 valence electrons. The van der Waals surface area contributed by atoms with E-state index in [0.29, 0.717) is 0 Å². The Morgan fingerprint density at radius 1 is 0.214 bits per heavy atom. The van der Waals surface area contributed by atoms with Gasteiger partial charge in [0.05, 0.1) is 44.1 Å². The van der Waals surface area contributed by atoms with Crippen molar-refractivity contribution < 1.29 is 0 Å². The van der Waals surface area contributed by atoms with Crippen molar-refractivity contribution in [3.05, 3.63) is 243 Å². The second-order valence-corrected chi connectivity index (χ2v) is 18.1. The molecule has 0 bridgehead atoms. The van der Waals surface area contributed by atoms with Gasteiger partial charge in [-0.2, -0.15) is 0 Å². The minimum Gasteiger partial charge on any atom is -0.294 e. The lowest BCUT2D eigenvalue weighted by Crippen LogP contribution is -2.03. The maximum Gasteiger partial charge on any atom is 0.140 e. The summed E-state index contributed by atoms with van der Waals surface area (Å²) in [6.45, 7) is 0. The van der Waals surface area contributed by atoms with Crippen LogP contribution >= 0.6 is 0 Å². The first-order valence-electron chi connectivity index (χ1n) is 23.8. The average Bonchev–Trinajstić information content (AvgIpc) is 4.16. The van der Waals surface area contributed by atoms with E-state index >= 15 is 0 Å². The molecule has 0 aliphatic heterocycles. The van der Waals surface area contributed by atoms with Gasteiger partial charge in [0, 0.05) is 54.2 Å². The van der Waals surface area contributed by atoms with Crippen LogP contribution in [0.5, 0.6) is 0 Å². The van der Waals surface area contributed by atoms with E-state index in [1.165, 1.54) is 43.1 Å². The van der Waals surface area contributed by atoms with Crippen LogP contribution in [0, 0.1) is 0 Å². The Morgan fingerprint density at radius 2 is 0.471 bits per heavy atom. The second kappa shape index (κ2) is 15.0. The van der Waals surface area contributed by atoms with E-state index in [1.807, 2.05) is 0 Å². The van der Waals surface area contributed by atoms with Crippen LogP contribution in [-0.4, -0.2) is 28.2 Å². The highest BCUT2D eigenvalue weighted by molar-refractivity contribution is 6.16. The van der Waals surface area contributed by atoms with Crippen LogP contribution in [0.15, 0.2) is 243 Å². The molecule has 0 aliphatic rings. The Bertz CT molecular complexity index is 4220. The van der Waals surface area contributed by atoms with Crippen LogP contribution in [0.3, 0.4) is 0 Å². The van der Waals surface area contributed by atoms with Gasteiger partial charge >= 0.3 is 0 Å². The quantitative estimate of drug-likeness (QED) is 0.167. The molecule has 70 heavy (non-hydrogen) atoms. The molecule has 6 nitrogen and oxygen atoms in total. The van der Waals surface area contributed by atoms with E-state index in [0.717, 1.165) is 89.7 Å². The number of hydrogen-bond donors (Lipinski definition) is 0. The summed E-state index contributed by atoms with van der Waals surface area (Å²) in [6, 6.07) is 87.1. The van der Waals surface area contributed by atoms with E-state index in [2.05, 4.69) is 261 Å². The summed E-state index contributed by atoms with van der Waals surface area (Å²) < 4.78 is 9.31. The molecule has 0 radical (unpaired) electrons. The zero-order valence-corrected chi connectivity index (χ0v) is 37.8. The van der Waals surface area contributed by atoms with Crippen LogP contribution in [0.25, 0.3) is 133 Å². The Hall–Kier alpha value is -9.52. The lowest BCUT2D eigenvalue weighted by atomic mass is 9.96. The number of nitrogens with zero attached hydrogens (tertiary/aromatic N) is 6. The fourth-order valence-corrected chi connectivity index (χ4v) is 11.5. The molecule has 0 amide bonds. The molecule has 6 aromatic heterocycles. The third-order valence-corrected chi connectivity index (χ3v) is 14.4. The Morgan fingerprint density at radius 3 is 0.829 bits per heavy atom. The van der Waals surface area contributed by atoms with Crippen molar-refractivity contribution in [2.45, 2.75) is 0 Å². The predicted octanol–water partition coefficient (Wildman–Crippen LogP) is 16.2. The first kappa shape index (κ1) is 38.6. The predicted molar refractivity (Wildman–Crippen MR) is 290 cm³/mol. The van der Waals surface area contributed by atoms with Gasteiger partial charge in [0.25, 0.3) is 0 Å². The molecule has 0 spiro atoms. The highest BCUT2D eigenvalue weighted by Gasteiger charge is 2.22. The molecule has 0 aliphatic carbocycles. The number of pyridine rings is 2. The van der Waals surface area contributed by atoms with E-state index in [1.54, 1.807) is 0 Å². The lowest BCUT2D eigenvalue weighted by Gasteiger charge is -2.15. The number of para-hydroxylation sites is 8. The molecule has 0 saturated carbocycles. The van der Waals surface area contributed by atoms with Crippen LogP contribution in [-0.2, 0) is 0 Å². The van der Waals surface area contributed by atoms with Crippen molar-refractivity contribution in [3.8, 4) is 45.5 Å². The SMILES string of the molecule is c1cc(-c2cccc3c4ccccc4n(-c4cccc(-n5c6ccccc6c6ccccc65)n4)c23)cc(-c2cccc3c4ccccc4n(-c4cccc(-n5c6ccccc6c6ccccc65)n4)c23)c1. The van der Waals surface area contributed by atoms with Crippen molar-refractivity contribution in [1.29, 1.82) is 0 Å². The fraction of sp³-hybridized carbons (Fsp3) is 0. The third-order valence-electron chi connectivity index (χ3n) is 14.4. The molecule has 0 atom stereocenters. The average molecular weight is 893 g/mol. The molecular formula is C64H40N6. The number of aromatic nitrogens is 6. The van der Waals surface area contributed by atoms with Crippen molar-refractivity contribution >= 4 is 87.2 Å². The standard InChI is InChI=1S/C64H40N6/c1-7-30-53-45(20-1)46-21-2-8-31-54(46)67(53)59-36-16-38-61(65-59)69-57-34-11-5-24-49(57)51-28-14-26-43(63(51)69)41-18-13-19-42(40-41)44-27-15-29-52-50-25-6-12-35-58(50)70(64(44)52)62-39-17-37-60(66-62)68-55-32-9-3-22-47(55)48-23-4-10-33-56(48)68/h1-40H. The normalized spacial score (nSPS) is 12.0. The minimum atomic E-state index is 0.860. The zero-order chi connectivity index (χ0) is 45.9. The number of rotatable bonds is 6. The van der Waals surface area contributed by atoms with Crippen molar-refractivity contribution in [1.82, 2.24) is 28.2 Å². The second-order valence-electron chi connectivity index (χ2n) is 18.1. The number of benzene rings is 9. The van der Waals surface area contributed by atoms with Gasteiger partial charge in [0.15, 0.2) is 0 Å². The van der Waals surface area contributed by atoms with Gasteiger partial charge < -0.3 is 0 Å². The molecule has 6 heteroatoms. The van der Waals surface area contributed by atoms with E-state index in [9.17, 15) is 0 Å². The summed E-state index contributed by atoms with van der Waals surface area (Å²) in [6.07, 6.45) is 0. The summed E-state index contributed by atoms with van der Waals surface area (Å²) >= 11 is 0. The maximum absolute atomic E-state index is 5.52. The van der Waals surface area contributed by atoms with E-state index in [-0.39, 0.29) is 0 Å². The Kier molecular flexibility index (Phi) is 8.26. The van der Waals surface area contributed by atoms with Crippen LogP contribution < -0.4 is 0 Å². The summed E-state index contributed by atoms with van der Waals surface area (Å²) in [5, 5.41) is 9.58. The zero-order valence-electron chi connectivity index (χ0n) is 37.8. The molecule has 15 rings (SSSR count). The van der Waals surface area contributed by atoms with Crippen molar-refractivity contribution in [2.24, 2.45) is 0 Å². The van der Waals surface area contributed by atoms with Gasteiger partial charge in [-0.05, 0) is 77.9 Å². The summed E-state index contributed by atoms with van der Waals surface area (Å²) in [5.41, 5.74) is 13.5. The van der Waals surface area contributed by atoms with E-state index in [4.69, 9.17) is 9.97 Å². The van der Waals surface area contributed by atoms with Crippen LogP contribution in [0.4, 0.5) is 0 Å². The number of hydrogen-bond acceptors (Lipinski definition) is 2. The van der Waals surface area contributed by atoms with Gasteiger partial charge in [0.1, 0.15) is 23.3 Å². The molecule has 0 N–H and O–H groups in total. The molecule has 0 unspecified atom stereocenters. The summed E-state index contributed by atoms with van der Waals surface area (Å²) in [4.78, 5) is 11.0. The maximum atomic E-state index is 5.52. The molecule has 6 heterocycles. The molecule has 0 fully saturated rings. The number of fused-ring (bicyclic) bond motifs is 12. The Balaban J connectivity index is 0.924. The summed E-state index contributed by atoms with van der Waals surface area (Å²) in [7, 11) is 0. The van der Waals surface area contributed by atoms with E-state index < -0.39 is 0 Å². The Labute approximate surface area is 401 Å². The molecule has 0 saturated heterocycles. The highest BCUT2D eigenvalue weighted by atomic mass is 15.1. The third kappa shape index (κ3) is 5.56. The molecule has 15 aromatic rings. The van der Waals surface area contributed by atoms with Crippen molar-refractivity contribution in [2.75, 3.05) is 0 Å². The van der Waals surface area contributed by atoms with Gasteiger partial charge in [0.2, 0.25) is 0 Å². The van der Waals surface area contributed by atoms with Gasteiger partial charge in [-0.15, -0.1) is 0 Å². The monoisotopic (exact) mass is 892 g/mol.